The van der Waals surface area contributed by atoms with Crippen molar-refractivity contribution >= 4 is 36.4 Å². The van der Waals surface area contributed by atoms with Crippen LogP contribution in [0, 0.1) is 0 Å². The minimum Gasteiger partial charge on any atom is -0.365 e. The normalized spacial score (nSPS) is 24.6. The molecule has 22 heavy (non-hydrogen) atoms. The number of rotatable bonds is 2. The van der Waals surface area contributed by atoms with Crippen LogP contribution in [0.25, 0.3) is 0 Å². The molecule has 9 heteroatoms. The third kappa shape index (κ3) is 4.02. The maximum Gasteiger partial charge on any atom is 0.239 e. The molecule has 3 heterocycles. The summed E-state index contributed by atoms with van der Waals surface area (Å²) in [7, 11) is 1.89. The SMILES string of the molecule is Cl.Cl.Cn1cc(N2CCN(C(=O)[C@H]3C[C@H](F)CN3)CC2)cn1. The van der Waals surface area contributed by atoms with Crippen LogP contribution in [-0.2, 0) is 11.8 Å². The van der Waals surface area contributed by atoms with Gasteiger partial charge in [0.05, 0.1) is 17.9 Å². The van der Waals surface area contributed by atoms with E-state index in [9.17, 15) is 9.18 Å². The van der Waals surface area contributed by atoms with Gasteiger partial charge >= 0.3 is 0 Å². The zero-order valence-corrected chi connectivity index (χ0v) is 14.1. The standard InChI is InChI=1S/C13H20FN5O.2ClH/c1-17-9-11(8-16-17)18-2-4-19(5-3-18)13(20)12-6-10(14)7-15-12;;/h8-10,12,15H,2-7H2,1H3;2*1H/t10-,12+;;/m0../s1. The Bertz CT molecular complexity index is 493. The smallest absolute Gasteiger partial charge is 0.239 e. The molecule has 0 saturated carbocycles. The van der Waals surface area contributed by atoms with Crippen molar-refractivity contribution in [1.82, 2.24) is 20.0 Å². The summed E-state index contributed by atoms with van der Waals surface area (Å²) in [6.07, 6.45) is 3.23. The molecular formula is C13H22Cl2FN5O. The first-order chi connectivity index (χ1) is 9.63. The number of aromatic nitrogens is 2. The highest BCUT2D eigenvalue weighted by Gasteiger charge is 2.33. The van der Waals surface area contributed by atoms with Crippen molar-refractivity contribution < 1.29 is 9.18 Å². The minimum absolute atomic E-state index is 0. The number of hydrogen-bond donors (Lipinski definition) is 1. The molecule has 2 atom stereocenters. The molecule has 0 bridgehead atoms. The quantitative estimate of drug-likeness (QED) is 0.846. The van der Waals surface area contributed by atoms with Gasteiger partial charge in [0.25, 0.3) is 0 Å². The lowest BCUT2D eigenvalue weighted by atomic mass is 10.1. The molecule has 0 unspecified atom stereocenters. The van der Waals surface area contributed by atoms with E-state index in [-0.39, 0.29) is 36.8 Å². The van der Waals surface area contributed by atoms with E-state index in [0.717, 1.165) is 18.8 Å². The fraction of sp³-hybridized carbons (Fsp3) is 0.692. The van der Waals surface area contributed by atoms with Gasteiger partial charge in [-0.15, -0.1) is 24.8 Å². The van der Waals surface area contributed by atoms with Crippen LogP contribution in [0.2, 0.25) is 0 Å². The summed E-state index contributed by atoms with van der Waals surface area (Å²) in [5.74, 6) is 0.0380. The lowest BCUT2D eigenvalue weighted by Gasteiger charge is -2.36. The summed E-state index contributed by atoms with van der Waals surface area (Å²) in [5.41, 5.74) is 1.09. The highest BCUT2D eigenvalue weighted by Crippen LogP contribution is 2.17. The number of carbonyl (C=O) groups is 1. The summed E-state index contributed by atoms with van der Waals surface area (Å²) in [6, 6.07) is -0.338. The van der Waals surface area contributed by atoms with Gasteiger partial charge in [-0.05, 0) is 0 Å². The number of aryl methyl sites for hydroxylation is 1. The Morgan fingerprint density at radius 1 is 1.32 bits per heavy atom. The predicted molar refractivity (Wildman–Crippen MR) is 87.8 cm³/mol. The van der Waals surface area contributed by atoms with Crippen molar-refractivity contribution in [1.29, 1.82) is 0 Å². The van der Waals surface area contributed by atoms with Gasteiger partial charge in [-0.1, -0.05) is 0 Å². The van der Waals surface area contributed by atoms with E-state index in [0.29, 0.717) is 26.1 Å². The van der Waals surface area contributed by atoms with E-state index in [1.165, 1.54) is 0 Å². The molecule has 0 radical (unpaired) electrons. The Kier molecular flexibility index (Phi) is 6.90. The number of nitrogens with zero attached hydrogens (tertiary/aromatic N) is 4. The van der Waals surface area contributed by atoms with E-state index in [2.05, 4.69) is 15.3 Å². The van der Waals surface area contributed by atoms with Crippen molar-refractivity contribution in [2.24, 2.45) is 7.05 Å². The number of nitrogens with one attached hydrogen (secondary N) is 1. The zero-order valence-electron chi connectivity index (χ0n) is 12.4. The summed E-state index contributed by atoms with van der Waals surface area (Å²) in [5, 5.41) is 7.12. The zero-order chi connectivity index (χ0) is 14.1. The highest BCUT2D eigenvalue weighted by atomic mass is 35.5. The molecule has 2 fully saturated rings. The van der Waals surface area contributed by atoms with Crippen LogP contribution < -0.4 is 10.2 Å². The molecule has 1 N–H and O–H groups in total. The van der Waals surface area contributed by atoms with Gasteiger partial charge in [-0.25, -0.2) is 4.39 Å². The summed E-state index contributed by atoms with van der Waals surface area (Å²) >= 11 is 0. The van der Waals surface area contributed by atoms with E-state index >= 15 is 0 Å². The molecule has 0 spiro atoms. The van der Waals surface area contributed by atoms with Crippen molar-refractivity contribution in [2.45, 2.75) is 18.6 Å². The topological polar surface area (TPSA) is 53.4 Å². The van der Waals surface area contributed by atoms with Crippen molar-refractivity contribution in [2.75, 3.05) is 37.6 Å². The molecule has 0 aromatic carbocycles. The van der Waals surface area contributed by atoms with E-state index in [1.54, 1.807) is 4.68 Å². The predicted octanol–water partition coefficient (Wildman–Crippen LogP) is 0.612. The largest absolute Gasteiger partial charge is 0.365 e. The maximum absolute atomic E-state index is 13.1. The molecule has 6 nitrogen and oxygen atoms in total. The summed E-state index contributed by atoms with van der Waals surface area (Å²) in [6.45, 7) is 3.25. The van der Waals surface area contributed by atoms with Gasteiger partial charge in [0.2, 0.25) is 5.91 Å². The van der Waals surface area contributed by atoms with Crippen molar-refractivity contribution in [3.63, 3.8) is 0 Å². The van der Waals surface area contributed by atoms with Crippen molar-refractivity contribution in [3.8, 4) is 0 Å². The Hall–Kier alpha value is -1.05. The first-order valence-electron chi connectivity index (χ1n) is 7.03. The third-order valence-corrected chi connectivity index (χ3v) is 4.02. The fourth-order valence-corrected chi connectivity index (χ4v) is 2.86. The van der Waals surface area contributed by atoms with Crippen LogP contribution in [0.1, 0.15) is 6.42 Å². The third-order valence-electron chi connectivity index (χ3n) is 4.02. The van der Waals surface area contributed by atoms with Gasteiger partial charge in [0.15, 0.2) is 0 Å². The van der Waals surface area contributed by atoms with Crippen molar-refractivity contribution in [3.05, 3.63) is 12.4 Å². The molecular weight excluding hydrogens is 332 g/mol. The van der Waals surface area contributed by atoms with E-state index in [1.807, 2.05) is 24.3 Å². The average molecular weight is 354 g/mol. The molecule has 0 aliphatic carbocycles. The van der Waals surface area contributed by atoms with Crippen LogP contribution in [0.3, 0.4) is 0 Å². The molecule has 2 aliphatic rings. The molecule has 3 rings (SSSR count). The number of anilines is 1. The lowest BCUT2D eigenvalue weighted by molar-refractivity contribution is -0.133. The number of alkyl halides is 1. The van der Waals surface area contributed by atoms with Gasteiger partial charge in [0, 0.05) is 52.4 Å². The Labute approximate surface area is 141 Å². The minimum atomic E-state index is -0.888. The van der Waals surface area contributed by atoms with Crippen LogP contribution in [0.4, 0.5) is 10.1 Å². The highest BCUT2D eigenvalue weighted by molar-refractivity contribution is 5.85. The van der Waals surface area contributed by atoms with Gasteiger partial charge in [-0.2, -0.15) is 5.10 Å². The lowest BCUT2D eigenvalue weighted by Crippen LogP contribution is -2.53. The first kappa shape index (κ1) is 19.0. The molecule has 1 amide bonds. The average Bonchev–Trinajstić information content (AvgIpc) is 3.07. The molecule has 1 aromatic heterocycles. The number of piperazine rings is 1. The van der Waals surface area contributed by atoms with E-state index < -0.39 is 6.17 Å². The van der Waals surface area contributed by atoms with Crippen LogP contribution in [0.15, 0.2) is 12.4 Å². The van der Waals surface area contributed by atoms with Gasteiger partial charge in [0.1, 0.15) is 6.17 Å². The van der Waals surface area contributed by atoms with E-state index in [4.69, 9.17) is 0 Å². The molecule has 2 aliphatic heterocycles. The second-order valence-corrected chi connectivity index (χ2v) is 5.48. The molecule has 1 aromatic rings. The first-order valence-corrected chi connectivity index (χ1v) is 7.03. The monoisotopic (exact) mass is 353 g/mol. The summed E-state index contributed by atoms with van der Waals surface area (Å²) < 4.78 is 14.9. The Balaban J connectivity index is 0.00000121. The van der Waals surface area contributed by atoms with Crippen LogP contribution in [0.5, 0.6) is 0 Å². The van der Waals surface area contributed by atoms with Crippen LogP contribution >= 0.6 is 24.8 Å². The van der Waals surface area contributed by atoms with Gasteiger partial charge in [-0.3, -0.25) is 9.48 Å². The Morgan fingerprint density at radius 3 is 2.50 bits per heavy atom. The van der Waals surface area contributed by atoms with Crippen LogP contribution in [-0.4, -0.2) is 65.5 Å². The number of halogens is 3. The fourth-order valence-electron chi connectivity index (χ4n) is 2.86. The maximum atomic E-state index is 13.1. The Morgan fingerprint density at radius 2 is 2.00 bits per heavy atom. The second-order valence-electron chi connectivity index (χ2n) is 5.48. The number of carbonyl (C=O) groups excluding carboxylic acids is 1. The summed E-state index contributed by atoms with van der Waals surface area (Å²) in [4.78, 5) is 16.3. The number of amides is 1. The second kappa shape index (κ2) is 7.99. The molecule has 2 saturated heterocycles. The molecule has 126 valence electrons. The van der Waals surface area contributed by atoms with Gasteiger partial charge < -0.3 is 15.1 Å². The number of hydrogen-bond acceptors (Lipinski definition) is 4.